The monoisotopic (exact) mass is 429 g/mol. The second-order valence-electron chi connectivity index (χ2n) is 6.00. The molecule has 3 rings (SSSR count). The number of aryl methyl sites for hydroxylation is 2. The zero-order chi connectivity index (χ0) is 18.5. The normalized spacial score (nSPS) is 10.6. The van der Waals surface area contributed by atoms with Crippen LogP contribution in [0.2, 0.25) is 0 Å². The molecule has 0 aliphatic rings. The maximum absolute atomic E-state index is 5.30. The van der Waals surface area contributed by atoms with Crippen LogP contribution in [0.15, 0.2) is 47.1 Å². The van der Waals surface area contributed by atoms with Gasteiger partial charge in [-0.2, -0.15) is 0 Å². The molecule has 0 aliphatic carbocycles. The fourth-order valence-electron chi connectivity index (χ4n) is 2.60. The molecule has 0 saturated heterocycles. The molecule has 0 spiro atoms. The van der Waals surface area contributed by atoms with E-state index >= 15 is 0 Å². The Balaban J connectivity index is 1.55. The minimum Gasteiger partial charge on any atom is -0.383 e. The molecular weight excluding hydrogens is 410 g/mol. The molecule has 0 bridgehead atoms. The molecule has 3 N–H and O–H groups in total. The van der Waals surface area contributed by atoms with E-state index in [-0.39, 0.29) is 0 Å². The molecule has 2 heterocycles. The summed E-state index contributed by atoms with van der Waals surface area (Å²) in [5.74, 6) is 0.713. The van der Waals surface area contributed by atoms with Crippen molar-refractivity contribution < 1.29 is 0 Å². The molecule has 5 nitrogen and oxygen atoms in total. The lowest BCUT2D eigenvalue weighted by Gasteiger charge is -2.13. The third kappa shape index (κ3) is 4.89. The molecule has 2 aromatic heterocycles. The van der Waals surface area contributed by atoms with Gasteiger partial charge >= 0.3 is 0 Å². The maximum Gasteiger partial charge on any atom is 0.172 e. The molecule has 134 valence electrons. The summed E-state index contributed by atoms with van der Waals surface area (Å²) in [7, 11) is 0. The van der Waals surface area contributed by atoms with Crippen LogP contribution >= 0.6 is 28.1 Å². The molecule has 0 fully saturated rings. The Morgan fingerprint density at radius 3 is 2.73 bits per heavy atom. The first-order valence-electron chi connectivity index (χ1n) is 8.29. The Kier molecular flexibility index (Phi) is 6.00. The first kappa shape index (κ1) is 18.5. The van der Waals surface area contributed by atoms with Crippen molar-refractivity contribution in [2.45, 2.75) is 13.8 Å². The largest absolute Gasteiger partial charge is 0.383 e. The van der Waals surface area contributed by atoms with E-state index in [1.54, 1.807) is 6.20 Å². The minimum atomic E-state index is 0.549. The third-order valence-corrected chi connectivity index (χ3v) is 4.50. The summed E-state index contributed by atoms with van der Waals surface area (Å²) < 4.78 is 0.932. The van der Waals surface area contributed by atoms with Crippen LogP contribution in [0.4, 0.5) is 11.5 Å². The van der Waals surface area contributed by atoms with Gasteiger partial charge in [-0.1, -0.05) is 11.6 Å². The fourth-order valence-corrected chi connectivity index (χ4v) is 3.04. The van der Waals surface area contributed by atoms with E-state index in [4.69, 9.17) is 12.2 Å². The van der Waals surface area contributed by atoms with Gasteiger partial charge in [-0.25, -0.2) is 4.98 Å². The average molecular weight is 430 g/mol. The summed E-state index contributed by atoms with van der Waals surface area (Å²) >= 11 is 8.66. The van der Waals surface area contributed by atoms with Gasteiger partial charge in [-0.05, 0) is 72.3 Å². The molecule has 0 aliphatic heterocycles. The predicted octanol–water partition coefficient (Wildman–Crippen LogP) is 4.41. The van der Waals surface area contributed by atoms with Crippen LogP contribution in [-0.2, 0) is 0 Å². The molecule has 1 aromatic carbocycles. The van der Waals surface area contributed by atoms with Gasteiger partial charge < -0.3 is 16.0 Å². The molecule has 0 atom stereocenters. The standard InChI is InChI=1S/C19H20BrN5S/c1-12-3-5-16-15(9-12)17(10-13(2)24-16)21-7-8-22-19(26)25-18-6-4-14(20)11-23-18/h3-6,9-11H,7-8H2,1-2H3,(H,21,24)(H2,22,23,25,26). The van der Waals surface area contributed by atoms with Crippen molar-refractivity contribution in [1.29, 1.82) is 0 Å². The first-order valence-corrected chi connectivity index (χ1v) is 9.50. The van der Waals surface area contributed by atoms with Gasteiger partial charge in [-0.3, -0.25) is 4.98 Å². The van der Waals surface area contributed by atoms with Crippen LogP contribution in [0.5, 0.6) is 0 Å². The van der Waals surface area contributed by atoms with E-state index < -0.39 is 0 Å². The minimum absolute atomic E-state index is 0.549. The molecule has 0 radical (unpaired) electrons. The van der Waals surface area contributed by atoms with E-state index in [1.165, 1.54) is 5.56 Å². The van der Waals surface area contributed by atoms with Crippen LogP contribution in [-0.4, -0.2) is 28.2 Å². The molecule has 3 aromatic rings. The van der Waals surface area contributed by atoms with Crippen LogP contribution in [0, 0.1) is 13.8 Å². The van der Waals surface area contributed by atoms with Crippen molar-refractivity contribution in [3.63, 3.8) is 0 Å². The summed E-state index contributed by atoms with van der Waals surface area (Å²) in [6.07, 6.45) is 1.73. The van der Waals surface area contributed by atoms with E-state index in [9.17, 15) is 0 Å². The third-order valence-electron chi connectivity index (χ3n) is 3.79. The van der Waals surface area contributed by atoms with Gasteiger partial charge in [0.2, 0.25) is 0 Å². The van der Waals surface area contributed by atoms with Crippen molar-refractivity contribution in [3.05, 3.63) is 58.3 Å². The van der Waals surface area contributed by atoms with E-state index in [1.807, 2.05) is 19.1 Å². The van der Waals surface area contributed by atoms with Crippen molar-refractivity contribution in [3.8, 4) is 0 Å². The molecule has 0 saturated carbocycles. The van der Waals surface area contributed by atoms with E-state index in [2.05, 4.69) is 73.0 Å². The Labute approximate surface area is 166 Å². The Hall–Kier alpha value is -2.25. The number of nitrogens with one attached hydrogen (secondary N) is 3. The smallest absolute Gasteiger partial charge is 0.172 e. The number of benzene rings is 1. The number of hydrogen-bond donors (Lipinski definition) is 3. The van der Waals surface area contributed by atoms with Crippen molar-refractivity contribution >= 4 is 55.7 Å². The number of anilines is 2. The van der Waals surface area contributed by atoms with E-state index in [0.717, 1.165) is 33.3 Å². The molecule has 26 heavy (non-hydrogen) atoms. The number of rotatable bonds is 5. The van der Waals surface area contributed by atoms with Crippen LogP contribution in [0.25, 0.3) is 10.9 Å². The number of pyridine rings is 2. The SMILES string of the molecule is Cc1ccc2nc(C)cc(NCCNC(=S)Nc3ccc(Br)cn3)c2c1. The van der Waals surface area contributed by atoms with Crippen LogP contribution in [0.3, 0.4) is 0 Å². The Morgan fingerprint density at radius 2 is 1.96 bits per heavy atom. The second-order valence-corrected chi connectivity index (χ2v) is 7.33. The Morgan fingerprint density at radius 1 is 1.12 bits per heavy atom. The van der Waals surface area contributed by atoms with Crippen LogP contribution in [0.1, 0.15) is 11.3 Å². The predicted molar refractivity (Wildman–Crippen MR) is 116 cm³/mol. The summed E-state index contributed by atoms with van der Waals surface area (Å²) in [5, 5.41) is 11.4. The van der Waals surface area contributed by atoms with Crippen molar-refractivity contribution in [2.75, 3.05) is 23.7 Å². The van der Waals surface area contributed by atoms with Gasteiger partial charge in [0.25, 0.3) is 0 Å². The lowest BCUT2D eigenvalue weighted by atomic mass is 10.1. The topological polar surface area (TPSA) is 61.9 Å². The number of aromatic nitrogens is 2. The lowest BCUT2D eigenvalue weighted by Crippen LogP contribution is -2.32. The molecule has 0 amide bonds. The highest BCUT2D eigenvalue weighted by Crippen LogP contribution is 2.24. The summed E-state index contributed by atoms with van der Waals surface area (Å²) in [4.78, 5) is 8.83. The number of fused-ring (bicyclic) bond motifs is 1. The van der Waals surface area contributed by atoms with Gasteiger partial charge in [0, 0.05) is 40.5 Å². The molecule has 0 unspecified atom stereocenters. The number of thiocarbonyl (C=S) groups is 1. The fraction of sp³-hybridized carbons (Fsp3) is 0.211. The van der Waals surface area contributed by atoms with Gasteiger partial charge in [0.05, 0.1) is 5.52 Å². The number of nitrogens with zero attached hydrogens (tertiary/aromatic N) is 2. The maximum atomic E-state index is 5.30. The van der Waals surface area contributed by atoms with Gasteiger partial charge in [0.15, 0.2) is 5.11 Å². The van der Waals surface area contributed by atoms with Gasteiger partial charge in [0.1, 0.15) is 5.82 Å². The zero-order valence-electron chi connectivity index (χ0n) is 14.6. The summed E-state index contributed by atoms with van der Waals surface area (Å²) in [6.45, 7) is 5.52. The highest BCUT2D eigenvalue weighted by molar-refractivity contribution is 9.10. The highest BCUT2D eigenvalue weighted by atomic mass is 79.9. The number of halogens is 1. The summed E-state index contributed by atoms with van der Waals surface area (Å²) in [6, 6.07) is 12.2. The quantitative estimate of drug-likeness (QED) is 0.412. The second kappa shape index (κ2) is 8.42. The highest BCUT2D eigenvalue weighted by Gasteiger charge is 2.04. The molecule has 7 heteroatoms. The van der Waals surface area contributed by atoms with Crippen molar-refractivity contribution in [1.82, 2.24) is 15.3 Å². The van der Waals surface area contributed by atoms with Crippen LogP contribution < -0.4 is 16.0 Å². The van der Waals surface area contributed by atoms with E-state index in [0.29, 0.717) is 17.5 Å². The summed E-state index contributed by atoms with van der Waals surface area (Å²) in [5.41, 5.74) is 4.31. The average Bonchev–Trinajstić information content (AvgIpc) is 2.61. The molecular formula is C19H20BrN5S. The Bertz CT molecular complexity index is 927. The van der Waals surface area contributed by atoms with Crippen molar-refractivity contribution in [2.24, 2.45) is 0 Å². The lowest BCUT2D eigenvalue weighted by molar-refractivity contribution is 0.915. The first-order chi connectivity index (χ1) is 12.5. The zero-order valence-corrected chi connectivity index (χ0v) is 17.0. The van der Waals surface area contributed by atoms with Gasteiger partial charge in [-0.15, -0.1) is 0 Å². The number of hydrogen-bond acceptors (Lipinski definition) is 4.